The molecule has 0 spiro atoms. The number of quaternary nitrogens is 1. The SMILES string of the molecule is CCCC[N+]1(SC#N)C=CN(C)C1.[Co]. The Labute approximate surface area is 101 Å². The van der Waals surface area contributed by atoms with E-state index in [1.807, 2.05) is 7.05 Å². The molecule has 0 N–H and O–H groups in total. The summed E-state index contributed by atoms with van der Waals surface area (Å²) in [6.45, 7) is 4.14. The van der Waals surface area contributed by atoms with Crippen molar-refractivity contribution >= 4 is 11.9 Å². The van der Waals surface area contributed by atoms with E-state index < -0.39 is 0 Å². The van der Waals surface area contributed by atoms with Crippen molar-refractivity contribution in [2.75, 3.05) is 20.3 Å². The second-order valence-electron chi connectivity index (χ2n) is 3.41. The quantitative estimate of drug-likeness (QED) is 0.438. The Kier molecular flexibility index (Phi) is 6.28. The maximum atomic E-state index is 8.72. The molecule has 1 aliphatic heterocycles. The summed E-state index contributed by atoms with van der Waals surface area (Å²) >= 11 is 1.34. The average Bonchev–Trinajstić information content (AvgIpc) is 2.46. The van der Waals surface area contributed by atoms with Gasteiger partial charge in [0.25, 0.3) is 0 Å². The van der Waals surface area contributed by atoms with Crippen molar-refractivity contribution in [3.63, 3.8) is 0 Å². The van der Waals surface area contributed by atoms with Crippen molar-refractivity contribution in [1.82, 2.24) is 4.90 Å². The molecular formula is C9H16CoN3S+. The number of hydrogen-bond donors (Lipinski definition) is 0. The van der Waals surface area contributed by atoms with Crippen LogP contribution in [0.25, 0.3) is 0 Å². The molecule has 0 saturated heterocycles. The summed E-state index contributed by atoms with van der Waals surface area (Å²) in [7, 11) is 2.04. The Morgan fingerprint density at radius 2 is 2.36 bits per heavy atom. The van der Waals surface area contributed by atoms with Gasteiger partial charge in [-0.3, -0.25) is 0 Å². The normalized spacial score (nSPS) is 24.5. The zero-order valence-corrected chi connectivity index (χ0v) is 10.4. The first-order valence-electron chi connectivity index (χ1n) is 4.56. The number of unbranched alkanes of at least 4 members (excludes halogenated alkanes) is 1. The van der Waals surface area contributed by atoms with Crippen molar-refractivity contribution in [2.24, 2.45) is 0 Å². The van der Waals surface area contributed by atoms with E-state index in [2.05, 4.69) is 29.6 Å². The summed E-state index contributed by atoms with van der Waals surface area (Å²) in [5.41, 5.74) is 0. The standard InChI is InChI=1S/C9H16N3S.Co/c1-3-4-6-12(13-8-10)7-5-11(2)9-12;/h5,7H,3-4,6,9H2,1-2H3;/q+1;. The summed E-state index contributed by atoms with van der Waals surface area (Å²) in [5, 5.41) is 10.9. The van der Waals surface area contributed by atoms with Crippen LogP contribution in [0.5, 0.6) is 0 Å². The first kappa shape index (κ1) is 13.8. The predicted octanol–water partition coefficient (Wildman–Crippen LogP) is 2.10. The molecule has 81 valence electrons. The molecular weight excluding hydrogens is 241 g/mol. The smallest absolute Gasteiger partial charge is 0.202 e. The van der Waals surface area contributed by atoms with Gasteiger partial charge in [-0.05, 0) is 6.42 Å². The molecule has 0 aromatic heterocycles. The molecule has 0 saturated carbocycles. The first-order valence-corrected chi connectivity index (χ1v) is 5.34. The Balaban J connectivity index is 0.00000169. The molecule has 0 amide bonds. The van der Waals surface area contributed by atoms with E-state index in [1.54, 1.807) is 0 Å². The van der Waals surface area contributed by atoms with Gasteiger partial charge in [-0.15, -0.1) is 0 Å². The average molecular weight is 257 g/mol. The predicted molar refractivity (Wildman–Crippen MR) is 55.0 cm³/mol. The van der Waals surface area contributed by atoms with Crippen LogP contribution in [0.2, 0.25) is 0 Å². The summed E-state index contributed by atoms with van der Waals surface area (Å²) in [4.78, 5) is 2.12. The molecule has 0 aromatic rings. The third-order valence-corrected chi connectivity index (χ3v) is 3.03. The monoisotopic (exact) mass is 257 g/mol. The van der Waals surface area contributed by atoms with E-state index >= 15 is 0 Å². The summed E-state index contributed by atoms with van der Waals surface area (Å²) in [6, 6.07) is 0. The molecule has 1 atom stereocenters. The summed E-state index contributed by atoms with van der Waals surface area (Å²) in [5.74, 6) is 0. The molecule has 3 nitrogen and oxygen atoms in total. The van der Waals surface area contributed by atoms with Crippen LogP contribution in [0.1, 0.15) is 19.8 Å². The Morgan fingerprint density at radius 1 is 1.64 bits per heavy atom. The summed E-state index contributed by atoms with van der Waals surface area (Å²) in [6.07, 6.45) is 6.53. The van der Waals surface area contributed by atoms with E-state index in [0.717, 1.165) is 17.1 Å². The summed E-state index contributed by atoms with van der Waals surface area (Å²) < 4.78 is 0.737. The van der Waals surface area contributed by atoms with E-state index in [0.29, 0.717) is 0 Å². The number of thiocyanates is 1. The molecule has 5 heteroatoms. The van der Waals surface area contributed by atoms with Crippen LogP contribution < -0.4 is 0 Å². The van der Waals surface area contributed by atoms with Gasteiger partial charge in [0, 0.05) is 23.8 Å². The fourth-order valence-corrected chi connectivity index (χ4v) is 2.20. The maximum absolute atomic E-state index is 8.72. The third kappa shape index (κ3) is 3.54. The molecule has 1 radical (unpaired) electrons. The Bertz CT molecular complexity index is 239. The molecule has 1 unspecified atom stereocenters. The van der Waals surface area contributed by atoms with Gasteiger partial charge in [-0.2, -0.15) is 5.26 Å². The van der Waals surface area contributed by atoms with Crippen LogP contribution in [-0.2, 0) is 16.8 Å². The second kappa shape index (κ2) is 6.35. The molecule has 1 rings (SSSR count). The second-order valence-corrected chi connectivity index (χ2v) is 4.50. The van der Waals surface area contributed by atoms with Crippen LogP contribution in [0.15, 0.2) is 12.4 Å². The zero-order valence-electron chi connectivity index (χ0n) is 8.57. The fourth-order valence-electron chi connectivity index (χ4n) is 1.46. The van der Waals surface area contributed by atoms with Gasteiger partial charge >= 0.3 is 0 Å². The minimum atomic E-state index is 0. The molecule has 14 heavy (non-hydrogen) atoms. The van der Waals surface area contributed by atoms with Gasteiger partial charge in [0.05, 0.1) is 12.7 Å². The molecule has 0 fully saturated rings. The van der Waals surface area contributed by atoms with Crippen molar-refractivity contribution in [3.05, 3.63) is 12.4 Å². The first-order chi connectivity index (χ1) is 6.22. The van der Waals surface area contributed by atoms with E-state index in [-0.39, 0.29) is 16.8 Å². The zero-order chi connectivity index (χ0) is 9.73. The van der Waals surface area contributed by atoms with Crippen LogP contribution in [0.3, 0.4) is 0 Å². The van der Waals surface area contributed by atoms with Crippen molar-refractivity contribution in [2.45, 2.75) is 19.8 Å². The van der Waals surface area contributed by atoms with Gasteiger partial charge in [0.1, 0.15) is 6.20 Å². The Morgan fingerprint density at radius 3 is 2.79 bits per heavy atom. The minimum Gasteiger partial charge on any atom is -0.328 e. The topological polar surface area (TPSA) is 27.0 Å². The van der Waals surface area contributed by atoms with Gasteiger partial charge in [-0.1, -0.05) is 13.3 Å². The van der Waals surface area contributed by atoms with Gasteiger partial charge < -0.3 is 4.90 Å². The number of hydrogen-bond acceptors (Lipinski definition) is 3. The largest absolute Gasteiger partial charge is 0.328 e. The molecule has 0 bridgehead atoms. The van der Waals surface area contributed by atoms with Crippen LogP contribution in [0, 0.1) is 10.7 Å². The molecule has 1 aliphatic rings. The molecule has 0 aliphatic carbocycles. The van der Waals surface area contributed by atoms with Crippen LogP contribution >= 0.6 is 11.9 Å². The third-order valence-electron chi connectivity index (χ3n) is 2.17. The van der Waals surface area contributed by atoms with Crippen molar-refractivity contribution < 1.29 is 20.7 Å². The maximum Gasteiger partial charge on any atom is 0.202 e. The van der Waals surface area contributed by atoms with Crippen molar-refractivity contribution in [1.29, 1.82) is 5.26 Å². The van der Waals surface area contributed by atoms with Gasteiger partial charge in [0.2, 0.25) is 11.9 Å². The number of rotatable bonds is 4. The number of nitriles is 1. The van der Waals surface area contributed by atoms with E-state index in [1.165, 1.54) is 24.8 Å². The number of nitrogens with zero attached hydrogens (tertiary/aromatic N) is 3. The molecule has 0 aromatic carbocycles. The van der Waals surface area contributed by atoms with Crippen LogP contribution in [0.4, 0.5) is 0 Å². The van der Waals surface area contributed by atoms with E-state index in [9.17, 15) is 0 Å². The van der Waals surface area contributed by atoms with Gasteiger partial charge in [-0.25, -0.2) is 3.89 Å². The fraction of sp³-hybridized carbons (Fsp3) is 0.667. The van der Waals surface area contributed by atoms with E-state index in [4.69, 9.17) is 5.26 Å². The minimum absolute atomic E-state index is 0. The Hall–Kier alpha value is -0.154. The van der Waals surface area contributed by atoms with Gasteiger partial charge in [0.15, 0.2) is 12.1 Å². The van der Waals surface area contributed by atoms with Crippen molar-refractivity contribution in [3.8, 4) is 5.40 Å². The molecule has 1 heterocycles. The van der Waals surface area contributed by atoms with Crippen LogP contribution in [-0.4, -0.2) is 29.0 Å².